The van der Waals surface area contributed by atoms with Gasteiger partial charge in [-0.3, -0.25) is 9.00 Å². The van der Waals surface area contributed by atoms with Crippen LogP contribution in [0.3, 0.4) is 0 Å². The van der Waals surface area contributed by atoms with Crippen LogP contribution in [0, 0.1) is 17.8 Å². The molecule has 3 aliphatic heterocycles. The van der Waals surface area contributed by atoms with E-state index in [1.54, 1.807) is 18.1 Å². The molecule has 2 aromatic carbocycles. The van der Waals surface area contributed by atoms with Crippen LogP contribution in [0.5, 0.6) is 5.75 Å². The minimum absolute atomic E-state index is 0.000152. The number of urea groups is 1. The second-order valence-electron chi connectivity index (χ2n) is 13.7. The van der Waals surface area contributed by atoms with Crippen molar-refractivity contribution in [3.05, 3.63) is 70.3 Å². The quantitative estimate of drug-likeness (QED) is 0.285. The van der Waals surface area contributed by atoms with Crippen LogP contribution in [0.2, 0.25) is 5.02 Å². The molecule has 3 heterocycles. The van der Waals surface area contributed by atoms with E-state index in [2.05, 4.69) is 38.9 Å². The number of methoxy groups -OCH3 is 1. The van der Waals surface area contributed by atoms with E-state index < -0.39 is 21.9 Å². The number of amides is 3. The van der Waals surface area contributed by atoms with E-state index in [9.17, 15) is 13.8 Å². The molecule has 266 valence electrons. The second kappa shape index (κ2) is 16.3. The van der Waals surface area contributed by atoms with Crippen molar-refractivity contribution in [2.75, 3.05) is 44.9 Å². The van der Waals surface area contributed by atoms with Gasteiger partial charge in [0.25, 0.3) is 5.91 Å². The summed E-state index contributed by atoms with van der Waals surface area (Å²) >= 11 is 6.45. The van der Waals surface area contributed by atoms with E-state index >= 15 is 0 Å². The van der Waals surface area contributed by atoms with E-state index in [0.717, 1.165) is 49.4 Å². The van der Waals surface area contributed by atoms with Gasteiger partial charge in [-0.05, 0) is 105 Å². The number of fused-ring (bicyclic) bond motifs is 3. The number of hydrogen-bond acceptors (Lipinski definition) is 7. The van der Waals surface area contributed by atoms with Gasteiger partial charge >= 0.3 is 6.03 Å². The molecular formula is C37H49ClN4O6S. The van der Waals surface area contributed by atoms with Crippen molar-refractivity contribution in [1.82, 2.24) is 10.2 Å². The highest BCUT2D eigenvalue weighted by atomic mass is 35.5. The maximum absolute atomic E-state index is 13.9. The van der Waals surface area contributed by atoms with E-state index in [0.29, 0.717) is 62.4 Å². The topological polar surface area (TPSA) is 110 Å². The summed E-state index contributed by atoms with van der Waals surface area (Å²) < 4.78 is 36.1. The van der Waals surface area contributed by atoms with Crippen molar-refractivity contribution < 1.29 is 28.0 Å². The van der Waals surface area contributed by atoms with E-state index in [1.165, 1.54) is 11.1 Å². The molecule has 4 aliphatic rings. The molecule has 2 fully saturated rings. The molecule has 1 N–H and O–H groups in total. The Morgan fingerprint density at radius 3 is 2.71 bits per heavy atom. The second-order valence-corrected chi connectivity index (χ2v) is 15.5. The van der Waals surface area contributed by atoms with Gasteiger partial charge in [0.05, 0.1) is 48.2 Å². The first kappa shape index (κ1) is 35.7. The predicted molar refractivity (Wildman–Crippen MR) is 193 cm³/mol. The van der Waals surface area contributed by atoms with Gasteiger partial charge < -0.3 is 29.3 Å². The Hall–Kier alpha value is -3.12. The third kappa shape index (κ3) is 8.44. The molecule has 1 saturated heterocycles. The zero-order chi connectivity index (χ0) is 34.5. The Kier molecular flexibility index (Phi) is 11.9. The van der Waals surface area contributed by atoms with Crippen molar-refractivity contribution in [3.8, 4) is 5.75 Å². The highest BCUT2D eigenvalue weighted by Crippen LogP contribution is 2.42. The van der Waals surface area contributed by atoms with Crippen LogP contribution in [-0.2, 0) is 33.0 Å². The minimum atomic E-state index is -2.50. The number of nitrogens with zero attached hydrogens (tertiary/aromatic N) is 3. The SMILES string of the molecule is CCOC1CN(C(=O)NC2[C@@H](C)C/C=C/[C@H](OC)[C@@H]3CC[C@H]3CN3Cc4ccc(Cl)cc4CCCCOc4ccc(cc43)C(=O)/N=[SH]\2=O)C1. The molecule has 0 aromatic heterocycles. The van der Waals surface area contributed by atoms with E-state index in [1.807, 2.05) is 32.0 Å². The molecule has 2 bridgehead atoms. The molecule has 0 radical (unpaired) electrons. The van der Waals surface area contributed by atoms with Crippen LogP contribution in [0.1, 0.15) is 67.4 Å². The number of aryl methyl sites for hydroxylation is 1. The summed E-state index contributed by atoms with van der Waals surface area (Å²) in [6, 6.07) is 11.1. The predicted octanol–water partition coefficient (Wildman–Crippen LogP) is 6.26. The molecule has 2 aromatic rings. The highest BCUT2D eigenvalue weighted by molar-refractivity contribution is 7.76. The zero-order valence-electron chi connectivity index (χ0n) is 28.7. The van der Waals surface area contributed by atoms with Gasteiger partial charge in [-0.1, -0.05) is 36.7 Å². The first-order chi connectivity index (χ1) is 23.7. The molecule has 6 atom stereocenters. The van der Waals surface area contributed by atoms with E-state index in [-0.39, 0.29) is 24.2 Å². The fourth-order valence-corrected chi connectivity index (χ4v) is 8.72. The van der Waals surface area contributed by atoms with Gasteiger partial charge in [-0.25, -0.2) is 4.79 Å². The number of hydrogen-bond donors (Lipinski definition) is 2. The molecule has 0 spiro atoms. The number of halogens is 1. The normalized spacial score (nSPS) is 29.0. The summed E-state index contributed by atoms with van der Waals surface area (Å²) in [5, 5.41) is 2.83. The average Bonchev–Trinajstić information content (AvgIpc) is 3.08. The van der Waals surface area contributed by atoms with Crippen molar-refractivity contribution in [1.29, 1.82) is 0 Å². The number of thiol groups is 1. The van der Waals surface area contributed by atoms with Crippen molar-refractivity contribution in [3.63, 3.8) is 0 Å². The molecule has 1 aliphatic carbocycles. The molecule has 3 amide bonds. The standard InChI is InChI=1S/C37H49ClN4O6S/c1-4-47-30-22-42(23-30)37(44)39-36-24(2)8-7-10-33(46-3)31-15-12-28(31)21-41-20-27-11-14-29(38)18-25(27)9-5-6-17-48-34-16-13-26(19-32(34)41)35(43)40-49(36)45/h7,10-11,13-14,16,18-19,24,28,30-31,33,36,49H,4-6,8-9,12,15,17,20-23H2,1-3H3,(H,39,44)/b10-7+/t24-,28-,31+,33-,36?/m0/s1. The number of carbonyl (C=O) groups excluding carboxylic acids is 2. The van der Waals surface area contributed by atoms with Gasteiger partial charge in [-0.15, -0.1) is 0 Å². The lowest BCUT2D eigenvalue weighted by atomic mass is 9.70. The van der Waals surface area contributed by atoms with Gasteiger partial charge in [0, 0.05) is 37.4 Å². The Morgan fingerprint density at radius 1 is 1.12 bits per heavy atom. The maximum atomic E-state index is 13.9. The summed E-state index contributed by atoms with van der Waals surface area (Å²) in [6.45, 7) is 7.29. The summed E-state index contributed by atoms with van der Waals surface area (Å²) in [5.41, 5.74) is 3.55. The van der Waals surface area contributed by atoms with Crippen LogP contribution in [0.4, 0.5) is 10.5 Å². The molecule has 12 heteroatoms. The molecule has 6 rings (SSSR count). The molecule has 10 nitrogen and oxygen atoms in total. The number of carbonyl (C=O) groups is 2. The first-order valence-corrected chi connectivity index (χ1v) is 19.3. The number of benzene rings is 2. The lowest BCUT2D eigenvalue weighted by Crippen LogP contribution is -2.59. The molecule has 49 heavy (non-hydrogen) atoms. The Labute approximate surface area is 296 Å². The Bertz CT molecular complexity index is 1620. The Balaban J connectivity index is 1.37. The molecular weight excluding hydrogens is 664 g/mol. The third-order valence-corrected chi connectivity index (χ3v) is 12.1. The average molecular weight is 713 g/mol. The van der Waals surface area contributed by atoms with Gasteiger partial charge in [0.15, 0.2) is 0 Å². The zero-order valence-corrected chi connectivity index (χ0v) is 30.3. The fraction of sp³-hybridized carbons (Fsp3) is 0.568. The number of likely N-dealkylation sites (tertiary alicyclic amines) is 1. The lowest BCUT2D eigenvalue weighted by molar-refractivity contribution is -0.0302. The van der Waals surface area contributed by atoms with Gasteiger partial charge in [-0.2, -0.15) is 4.36 Å². The number of nitrogens with one attached hydrogen (secondary N) is 1. The monoisotopic (exact) mass is 712 g/mol. The number of rotatable bonds is 4. The number of allylic oxidation sites excluding steroid dienone is 1. The van der Waals surface area contributed by atoms with Crippen LogP contribution in [-0.4, -0.2) is 78.6 Å². The summed E-state index contributed by atoms with van der Waals surface area (Å²) in [5.74, 6) is 0.541. The first-order valence-electron chi connectivity index (χ1n) is 17.6. The van der Waals surface area contributed by atoms with Crippen LogP contribution in [0.15, 0.2) is 52.9 Å². The molecule has 1 saturated carbocycles. The summed E-state index contributed by atoms with van der Waals surface area (Å²) in [6.07, 6.45) is 9.49. The highest BCUT2D eigenvalue weighted by Gasteiger charge is 2.38. The fourth-order valence-electron chi connectivity index (χ4n) is 7.33. The van der Waals surface area contributed by atoms with Crippen molar-refractivity contribution >= 4 is 39.8 Å². The van der Waals surface area contributed by atoms with Crippen LogP contribution in [0.25, 0.3) is 0 Å². The number of ether oxygens (including phenoxy) is 3. The van der Waals surface area contributed by atoms with Crippen molar-refractivity contribution in [2.45, 2.75) is 76.5 Å². The minimum Gasteiger partial charge on any atom is -0.491 e. The maximum Gasteiger partial charge on any atom is 0.318 e. The largest absolute Gasteiger partial charge is 0.491 e. The summed E-state index contributed by atoms with van der Waals surface area (Å²) in [7, 11) is -0.748. The summed E-state index contributed by atoms with van der Waals surface area (Å²) in [4.78, 5) is 30.9. The van der Waals surface area contributed by atoms with Crippen molar-refractivity contribution in [2.24, 2.45) is 22.1 Å². The van der Waals surface area contributed by atoms with Gasteiger partial charge in [0.1, 0.15) is 11.1 Å². The smallest absolute Gasteiger partial charge is 0.318 e. The van der Waals surface area contributed by atoms with Crippen LogP contribution < -0.4 is 15.0 Å². The lowest BCUT2D eigenvalue weighted by Gasteiger charge is -2.43. The molecule has 2 unspecified atom stereocenters. The van der Waals surface area contributed by atoms with Gasteiger partial charge in [0.2, 0.25) is 0 Å². The van der Waals surface area contributed by atoms with E-state index in [4.69, 9.17) is 25.8 Å². The van der Waals surface area contributed by atoms with Crippen LogP contribution >= 0.6 is 11.6 Å². The third-order valence-electron chi connectivity index (χ3n) is 10.4. The Morgan fingerprint density at radius 2 is 1.96 bits per heavy atom. The number of anilines is 1.